The molecule has 2 aliphatic carbocycles. The van der Waals surface area contributed by atoms with Gasteiger partial charge in [-0.15, -0.1) is 0 Å². The van der Waals surface area contributed by atoms with Crippen LogP contribution in [0.2, 0.25) is 5.02 Å². The van der Waals surface area contributed by atoms with Crippen LogP contribution in [-0.4, -0.2) is 72.1 Å². The lowest BCUT2D eigenvalue weighted by atomic mass is 9.85. The predicted molar refractivity (Wildman–Crippen MR) is 128 cm³/mol. The molecule has 1 aromatic heterocycles. The van der Waals surface area contributed by atoms with Crippen LogP contribution >= 0.6 is 11.6 Å². The van der Waals surface area contributed by atoms with Gasteiger partial charge in [-0.3, -0.25) is 4.90 Å². The normalized spacial score (nSPS) is 34.2. The molecule has 3 aliphatic rings. The quantitative estimate of drug-likeness (QED) is 0.525. The van der Waals surface area contributed by atoms with E-state index in [2.05, 4.69) is 21.6 Å². The zero-order valence-electron chi connectivity index (χ0n) is 20.7. The van der Waals surface area contributed by atoms with Crippen LogP contribution in [0.1, 0.15) is 59.2 Å². The molecule has 202 valence electrons. The maximum atomic E-state index is 13.1. The first-order valence-electron chi connectivity index (χ1n) is 12.2. The van der Waals surface area contributed by atoms with E-state index in [9.17, 15) is 22.0 Å². The van der Waals surface area contributed by atoms with Gasteiger partial charge in [0.25, 0.3) is 10.0 Å². The number of carbonyl (C=O) groups is 1. The molecule has 9 nitrogen and oxygen atoms in total. The number of likely N-dealkylation sites (tertiary alicyclic amines) is 1. The Bertz CT molecular complexity index is 1060. The summed E-state index contributed by atoms with van der Waals surface area (Å²) in [6.07, 6.45) is 4.58. The summed E-state index contributed by atoms with van der Waals surface area (Å²) in [6, 6.07) is -2.11. The standard InChI is InChI=1S/C23H33ClF2N4O5S/c1-12(2)35-22(31)30-13(3)7-18(29-36(32,33)21(25)26)19(30)11-34-16-5-6-23(14(4)17(23)8-16)20-27-9-15(24)10-28-20/h9-10,12-14,16-19,21,29H,5-8,11H2,1-4H3/t13-,14?,16+,17?,18+,19+,23-/m1/s1. The fourth-order valence-corrected chi connectivity index (χ4v) is 6.97. The molecule has 0 bridgehead atoms. The van der Waals surface area contributed by atoms with E-state index in [4.69, 9.17) is 21.1 Å². The predicted octanol–water partition coefficient (Wildman–Crippen LogP) is 3.72. The van der Waals surface area contributed by atoms with Gasteiger partial charge in [-0.25, -0.2) is 27.9 Å². The van der Waals surface area contributed by atoms with Gasteiger partial charge in [-0.05, 0) is 58.3 Å². The number of halogens is 3. The van der Waals surface area contributed by atoms with Gasteiger partial charge in [-0.1, -0.05) is 18.5 Å². The number of nitrogens with zero attached hydrogens (tertiary/aromatic N) is 3. The molecule has 4 rings (SSSR count). The number of amides is 1. The van der Waals surface area contributed by atoms with Gasteiger partial charge >= 0.3 is 11.9 Å². The second kappa shape index (κ2) is 10.3. The lowest BCUT2D eigenvalue weighted by molar-refractivity contribution is -0.0148. The van der Waals surface area contributed by atoms with Crippen molar-refractivity contribution in [3.63, 3.8) is 0 Å². The van der Waals surface area contributed by atoms with E-state index < -0.39 is 40.0 Å². The van der Waals surface area contributed by atoms with E-state index in [1.807, 2.05) is 0 Å². The third kappa shape index (κ3) is 5.19. The smallest absolute Gasteiger partial charge is 0.410 e. The Labute approximate surface area is 215 Å². The molecule has 7 atom stereocenters. The molecule has 2 unspecified atom stereocenters. The van der Waals surface area contributed by atoms with E-state index >= 15 is 0 Å². The zero-order valence-corrected chi connectivity index (χ0v) is 22.3. The maximum Gasteiger partial charge on any atom is 0.410 e. The lowest BCUT2D eigenvalue weighted by Crippen LogP contribution is -2.51. The van der Waals surface area contributed by atoms with E-state index in [1.165, 1.54) is 4.90 Å². The van der Waals surface area contributed by atoms with Crippen molar-refractivity contribution < 1.29 is 31.5 Å². The van der Waals surface area contributed by atoms with E-state index in [-0.39, 0.29) is 30.7 Å². The van der Waals surface area contributed by atoms with Gasteiger partial charge < -0.3 is 9.47 Å². The molecule has 0 radical (unpaired) electrons. The number of nitrogens with one attached hydrogen (secondary N) is 1. The Kier molecular flexibility index (Phi) is 7.81. The molecule has 1 aromatic rings. The van der Waals surface area contributed by atoms with E-state index in [0.717, 1.165) is 25.1 Å². The number of hydrogen-bond donors (Lipinski definition) is 1. The minimum absolute atomic E-state index is 0.00414. The maximum absolute atomic E-state index is 13.1. The summed E-state index contributed by atoms with van der Waals surface area (Å²) in [5, 5.41) is 0.486. The molecule has 1 saturated heterocycles. The minimum Gasteiger partial charge on any atom is -0.447 e. The molecule has 13 heteroatoms. The number of carbonyl (C=O) groups excluding carboxylic acids is 1. The largest absolute Gasteiger partial charge is 0.447 e. The Morgan fingerprint density at radius 3 is 2.53 bits per heavy atom. The van der Waals surface area contributed by atoms with Crippen LogP contribution < -0.4 is 4.72 Å². The Morgan fingerprint density at radius 2 is 1.94 bits per heavy atom. The van der Waals surface area contributed by atoms with Crippen molar-refractivity contribution >= 4 is 27.7 Å². The molecule has 2 saturated carbocycles. The van der Waals surface area contributed by atoms with Crippen LogP contribution in [0.4, 0.5) is 13.6 Å². The molecule has 3 fully saturated rings. The van der Waals surface area contributed by atoms with Crippen molar-refractivity contribution in [3.8, 4) is 0 Å². The van der Waals surface area contributed by atoms with E-state index in [0.29, 0.717) is 16.9 Å². The van der Waals surface area contributed by atoms with Crippen molar-refractivity contribution in [2.75, 3.05) is 6.61 Å². The number of aromatic nitrogens is 2. The van der Waals surface area contributed by atoms with Gasteiger partial charge in [0.15, 0.2) is 0 Å². The Hall–Kier alpha value is -1.63. The monoisotopic (exact) mass is 550 g/mol. The van der Waals surface area contributed by atoms with Gasteiger partial charge in [0.2, 0.25) is 0 Å². The third-order valence-corrected chi connectivity index (χ3v) is 9.19. The highest BCUT2D eigenvalue weighted by Crippen LogP contribution is 2.66. The van der Waals surface area contributed by atoms with Crippen LogP contribution in [0.5, 0.6) is 0 Å². The van der Waals surface area contributed by atoms with Crippen molar-refractivity contribution in [2.24, 2.45) is 11.8 Å². The van der Waals surface area contributed by atoms with Crippen LogP contribution in [-0.2, 0) is 24.9 Å². The van der Waals surface area contributed by atoms with Crippen molar-refractivity contribution in [2.45, 2.75) is 94.9 Å². The van der Waals surface area contributed by atoms with Gasteiger partial charge in [0, 0.05) is 29.9 Å². The van der Waals surface area contributed by atoms with Gasteiger partial charge in [-0.2, -0.15) is 8.78 Å². The molecule has 0 spiro atoms. The third-order valence-electron chi connectivity index (χ3n) is 7.89. The van der Waals surface area contributed by atoms with Crippen molar-refractivity contribution in [1.29, 1.82) is 0 Å². The molecule has 1 N–H and O–H groups in total. The summed E-state index contributed by atoms with van der Waals surface area (Å²) in [4.78, 5) is 23.1. The van der Waals surface area contributed by atoms with Crippen LogP contribution in [0.15, 0.2) is 12.4 Å². The van der Waals surface area contributed by atoms with Crippen molar-refractivity contribution in [3.05, 3.63) is 23.2 Å². The fraction of sp³-hybridized carbons (Fsp3) is 0.783. The summed E-state index contributed by atoms with van der Waals surface area (Å²) in [5.74, 6) is -2.07. The topological polar surface area (TPSA) is 111 Å². The SMILES string of the molecule is CC(C)OC(=O)N1[C@H](C)C[C@H](NS(=O)(=O)C(F)F)[C@@H]1CO[C@H]1CC[C@@]2(c3ncc(Cl)cn3)C(C)C2C1. The number of fused-ring (bicyclic) bond motifs is 1. The average molecular weight is 551 g/mol. The van der Waals surface area contributed by atoms with Crippen LogP contribution in [0, 0.1) is 11.8 Å². The van der Waals surface area contributed by atoms with Crippen LogP contribution in [0.25, 0.3) is 0 Å². The molecule has 2 heterocycles. The molecule has 1 aliphatic heterocycles. The minimum atomic E-state index is -4.85. The molecule has 1 amide bonds. The second-order valence-corrected chi connectivity index (χ2v) is 12.5. The Balaban J connectivity index is 1.45. The Morgan fingerprint density at radius 1 is 1.28 bits per heavy atom. The number of hydrogen-bond acceptors (Lipinski definition) is 7. The van der Waals surface area contributed by atoms with Crippen molar-refractivity contribution in [1.82, 2.24) is 19.6 Å². The first-order chi connectivity index (χ1) is 16.9. The van der Waals surface area contributed by atoms with E-state index in [1.54, 1.807) is 33.2 Å². The lowest BCUT2D eigenvalue weighted by Gasteiger charge is -2.33. The molecule has 36 heavy (non-hydrogen) atoms. The number of sulfonamides is 1. The summed E-state index contributed by atoms with van der Waals surface area (Å²) in [5.41, 5.74) is -0.102. The highest BCUT2D eigenvalue weighted by Gasteiger charge is 2.66. The van der Waals surface area contributed by atoms with Gasteiger partial charge in [0.05, 0.1) is 29.9 Å². The number of rotatable bonds is 8. The molecule has 0 aromatic carbocycles. The summed E-state index contributed by atoms with van der Waals surface area (Å²) < 4.78 is 63.6. The number of ether oxygens (including phenoxy) is 2. The highest BCUT2D eigenvalue weighted by molar-refractivity contribution is 7.89. The van der Waals surface area contributed by atoms with Crippen LogP contribution in [0.3, 0.4) is 0 Å². The fourth-order valence-electron chi connectivity index (χ4n) is 6.10. The zero-order chi connectivity index (χ0) is 26.4. The molecular formula is C23H33ClF2N4O5S. The first kappa shape index (κ1) is 27.4. The highest BCUT2D eigenvalue weighted by atomic mass is 35.5. The summed E-state index contributed by atoms with van der Waals surface area (Å²) in [7, 11) is -4.85. The second-order valence-electron chi connectivity index (χ2n) is 10.4. The summed E-state index contributed by atoms with van der Waals surface area (Å²) >= 11 is 5.95. The summed E-state index contributed by atoms with van der Waals surface area (Å²) in [6.45, 7) is 7.32. The number of alkyl halides is 2. The van der Waals surface area contributed by atoms with Gasteiger partial charge in [0.1, 0.15) is 5.82 Å². The average Bonchev–Trinajstić information content (AvgIpc) is 3.26. The molecular weight excluding hydrogens is 518 g/mol. The first-order valence-corrected chi connectivity index (χ1v) is 14.2.